The van der Waals surface area contributed by atoms with Crippen LogP contribution < -0.4 is 5.56 Å². The van der Waals surface area contributed by atoms with Gasteiger partial charge < -0.3 is 4.57 Å². The van der Waals surface area contributed by atoms with Crippen LogP contribution in [0.4, 0.5) is 5.69 Å². The van der Waals surface area contributed by atoms with Gasteiger partial charge in [0.05, 0.1) is 16.2 Å². The van der Waals surface area contributed by atoms with Crippen LogP contribution in [-0.4, -0.2) is 14.5 Å². The fraction of sp³-hybridized carbons (Fsp3) is 0.0476. The van der Waals surface area contributed by atoms with E-state index in [-0.39, 0.29) is 11.2 Å². The van der Waals surface area contributed by atoms with Gasteiger partial charge in [0.15, 0.2) is 0 Å². The maximum atomic E-state index is 12.5. The molecule has 27 heavy (non-hydrogen) atoms. The van der Waals surface area contributed by atoms with Crippen molar-refractivity contribution in [1.29, 1.82) is 0 Å². The molecular weight excluding hydrogens is 342 g/mol. The van der Waals surface area contributed by atoms with E-state index in [1.807, 2.05) is 47.2 Å². The van der Waals surface area contributed by atoms with Crippen molar-refractivity contribution in [3.8, 4) is 22.4 Å². The second kappa shape index (κ2) is 6.84. The Morgan fingerprint density at radius 1 is 0.963 bits per heavy atom. The lowest BCUT2D eigenvalue weighted by Crippen LogP contribution is -2.13. The van der Waals surface area contributed by atoms with Crippen molar-refractivity contribution in [3.05, 3.63) is 105 Å². The van der Waals surface area contributed by atoms with Crippen molar-refractivity contribution in [1.82, 2.24) is 9.55 Å². The molecule has 0 unspecified atom stereocenters. The lowest BCUT2D eigenvalue weighted by Gasteiger charge is -2.12. The Morgan fingerprint density at radius 3 is 2.56 bits per heavy atom. The molecule has 0 spiro atoms. The number of pyridine rings is 2. The smallest absolute Gasteiger partial charge is 0.279 e. The third-order valence-corrected chi connectivity index (χ3v) is 4.36. The monoisotopic (exact) mass is 357 g/mol. The van der Waals surface area contributed by atoms with Crippen LogP contribution in [0.15, 0.2) is 83.9 Å². The van der Waals surface area contributed by atoms with Gasteiger partial charge in [0, 0.05) is 36.6 Å². The second-order valence-electron chi connectivity index (χ2n) is 6.23. The van der Waals surface area contributed by atoms with Gasteiger partial charge in [-0.3, -0.25) is 14.9 Å². The van der Waals surface area contributed by atoms with Crippen molar-refractivity contribution in [2.45, 2.75) is 6.54 Å². The molecule has 0 saturated heterocycles. The predicted octanol–water partition coefficient (Wildman–Crippen LogP) is 3.97. The van der Waals surface area contributed by atoms with Gasteiger partial charge in [-0.2, -0.15) is 0 Å². The summed E-state index contributed by atoms with van der Waals surface area (Å²) in [5.74, 6) is 0. The van der Waals surface area contributed by atoms with E-state index in [1.165, 1.54) is 12.1 Å². The number of nitro benzene ring substituents is 1. The summed E-state index contributed by atoms with van der Waals surface area (Å²) in [6.45, 7) is 0.656. The Bertz CT molecular complexity index is 1150. The molecule has 0 saturated carbocycles. The largest absolute Gasteiger partial charge is 0.349 e. The Hall–Kier alpha value is -3.80. The third-order valence-electron chi connectivity index (χ3n) is 4.36. The third kappa shape index (κ3) is 3.46. The van der Waals surface area contributed by atoms with Gasteiger partial charge in [-0.05, 0) is 23.3 Å². The molecule has 2 aliphatic rings. The molecule has 2 aromatic rings. The van der Waals surface area contributed by atoms with E-state index < -0.39 is 4.92 Å². The zero-order valence-corrected chi connectivity index (χ0v) is 14.3. The number of benzene rings is 2. The summed E-state index contributed by atoms with van der Waals surface area (Å²) < 4.78 is 1.94. The van der Waals surface area contributed by atoms with Crippen molar-refractivity contribution in [3.63, 3.8) is 0 Å². The van der Waals surface area contributed by atoms with Crippen LogP contribution in [0.25, 0.3) is 22.4 Å². The molecule has 0 atom stereocenters. The zero-order valence-electron chi connectivity index (χ0n) is 14.3. The molecule has 2 heterocycles. The van der Waals surface area contributed by atoms with Gasteiger partial charge in [0.25, 0.3) is 11.2 Å². The molecule has 0 amide bonds. The summed E-state index contributed by atoms with van der Waals surface area (Å²) in [7, 11) is 0. The molecule has 2 aromatic carbocycles. The maximum Gasteiger partial charge on any atom is 0.279 e. The highest BCUT2D eigenvalue weighted by Crippen LogP contribution is 2.26. The van der Waals surface area contributed by atoms with Gasteiger partial charge >= 0.3 is 0 Å². The van der Waals surface area contributed by atoms with E-state index in [2.05, 4.69) is 4.98 Å². The number of fused-ring (bicyclic) bond motifs is 1. The Labute approximate surface area is 154 Å². The first-order valence-electron chi connectivity index (χ1n) is 8.40. The van der Waals surface area contributed by atoms with Crippen molar-refractivity contribution in [2.24, 2.45) is 0 Å². The van der Waals surface area contributed by atoms with Crippen LogP contribution >= 0.6 is 0 Å². The van der Waals surface area contributed by atoms with E-state index in [0.717, 1.165) is 11.1 Å². The summed E-state index contributed by atoms with van der Waals surface area (Å²) >= 11 is 0. The van der Waals surface area contributed by atoms with Crippen LogP contribution in [0.5, 0.6) is 0 Å². The molecule has 0 fully saturated rings. The van der Waals surface area contributed by atoms with Crippen molar-refractivity contribution >= 4 is 5.69 Å². The number of nitro groups is 1. The minimum Gasteiger partial charge on any atom is -0.349 e. The van der Waals surface area contributed by atoms with E-state index in [1.54, 1.807) is 24.4 Å². The number of non-ortho nitro benzene ring substituents is 1. The van der Waals surface area contributed by atoms with E-state index in [9.17, 15) is 14.9 Å². The average molecular weight is 357 g/mol. The van der Waals surface area contributed by atoms with E-state index in [4.69, 9.17) is 0 Å². The molecule has 6 heteroatoms. The number of rotatable bonds is 4. The highest BCUT2D eigenvalue weighted by Gasteiger charge is 2.14. The molecule has 2 aliphatic heterocycles. The predicted molar refractivity (Wildman–Crippen MR) is 103 cm³/mol. The number of nitrogens with zero attached hydrogens (tertiary/aromatic N) is 3. The quantitative estimate of drug-likeness (QED) is 0.409. The van der Waals surface area contributed by atoms with Gasteiger partial charge in [0.1, 0.15) is 0 Å². The lowest BCUT2D eigenvalue weighted by molar-refractivity contribution is -0.384. The van der Waals surface area contributed by atoms with Crippen LogP contribution in [-0.2, 0) is 6.54 Å². The second-order valence-corrected chi connectivity index (χ2v) is 6.23. The molecule has 4 rings (SSSR count). The van der Waals surface area contributed by atoms with Gasteiger partial charge in [-0.25, -0.2) is 4.98 Å². The highest BCUT2D eigenvalue weighted by atomic mass is 16.6. The van der Waals surface area contributed by atoms with E-state index >= 15 is 0 Å². The molecule has 0 radical (unpaired) electrons. The van der Waals surface area contributed by atoms with Gasteiger partial charge in [0.2, 0.25) is 0 Å². The molecular formula is C21H15N3O3. The summed E-state index contributed by atoms with van der Waals surface area (Å²) in [6, 6.07) is 19.7. The standard InChI is InChI=1S/C21H15N3O3/c25-21-19-14-23(13-15-5-2-1-3-6-15)10-9-16(19)12-20(22-21)17-7-4-8-18(11-17)24(26)27/h1-12,14H,13H2. The Kier molecular flexibility index (Phi) is 4.22. The first kappa shape index (κ1) is 16.7. The molecule has 0 aromatic heterocycles. The fourth-order valence-corrected chi connectivity index (χ4v) is 3.02. The van der Waals surface area contributed by atoms with Gasteiger partial charge in [-0.1, -0.05) is 42.5 Å². The van der Waals surface area contributed by atoms with Crippen molar-refractivity contribution < 1.29 is 4.92 Å². The molecule has 0 N–H and O–H groups in total. The van der Waals surface area contributed by atoms with Crippen LogP contribution in [0.1, 0.15) is 5.56 Å². The average Bonchev–Trinajstić information content (AvgIpc) is 2.69. The fourth-order valence-electron chi connectivity index (χ4n) is 3.02. The topological polar surface area (TPSA) is 78.0 Å². The first-order valence-corrected chi connectivity index (χ1v) is 8.40. The first-order chi connectivity index (χ1) is 13.1. The van der Waals surface area contributed by atoms with E-state index in [0.29, 0.717) is 23.4 Å². The van der Waals surface area contributed by atoms with Gasteiger partial charge in [-0.15, -0.1) is 0 Å². The minimum atomic E-state index is -0.463. The zero-order chi connectivity index (χ0) is 18.8. The van der Waals surface area contributed by atoms with Crippen molar-refractivity contribution in [2.75, 3.05) is 0 Å². The summed E-state index contributed by atoms with van der Waals surface area (Å²) in [5.41, 5.74) is 2.99. The number of aromatic nitrogens is 2. The number of hydrogen-bond donors (Lipinski definition) is 0. The number of hydrogen-bond acceptors (Lipinski definition) is 4. The lowest BCUT2D eigenvalue weighted by atomic mass is 10.0. The minimum absolute atomic E-state index is 0.0318. The van der Waals surface area contributed by atoms with Crippen LogP contribution in [0.3, 0.4) is 0 Å². The normalized spacial score (nSPS) is 10.8. The highest BCUT2D eigenvalue weighted by molar-refractivity contribution is 5.72. The maximum absolute atomic E-state index is 12.5. The molecule has 0 aliphatic carbocycles. The summed E-state index contributed by atoms with van der Waals surface area (Å²) in [5, 5.41) is 11.0. The SMILES string of the molecule is O=c1nc(-c2cccc([N+](=O)[O-])c2)cc2ccn(Cc3ccccc3)cc1-2. The van der Waals surface area contributed by atoms with Crippen LogP contribution in [0.2, 0.25) is 0 Å². The molecule has 6 nitrogen and oxygen atoms in total. The Morgan fingerprint density at radius 2 is 1.78 bits per heavy atom. The van der Waals surface area contributed by atoms with Crippen LogP contribution in [0, 0.1) is 10.1 Å². The summed E-state index contributed by atoms with van der Waals surface area (Å²) in [6.07, 6.45) is 3.70. The molecule has 132 valence electrons. The molecule has 0 bridgehead atoms. The Balaban J connectivity index is 1.74. The summed E-state index contributed by atoms with van der Waals surface area (Å²) in [4.78, 5) is 27.2.